The molecule has 2 aromatic heterocycles. The summed E-state index contributed by atoms with van der Waals surface area (Å²) in [7, 11) is 0. The molecule has 0 bridgehead atoms. The number of nitrogens with zero attached hydrogens (tertiary/aromatic N) is 3. The lowest BCUT2D eigenvalue weighted by atomic mass is 9.99. The number of amides is 1. The summed E-state index contributed by atoms with van der Waals surface area (Å²) in [6, 6.07) is 15.6. The van der Waals surface area contributed by atoms with Gasteiger partial charge in [-0.3, -0.25) is 14.0 Å². The third kappa shape index (κ3) is 3.17. The fourth-order valence-electron chi connectivity index (χ4n) is 3.74. The third-order valence-electron chi connectivity index (χ3n) is 5.23. The Labute approximate surface area is 171 Å². The molecule has 0 radical (unpaired) electrons. The largest absolute Gasteiger partial charge is 0.326 e. The van der Waals surface area contributed by atoms with Crippen molar-refractivity contribution >= 4 is 45.7 Å². The standard InChI is InChI=1S/C22H18N4O2S/c1-13-10-20-24-25-22(26(20)18-5-3-2-4-16(13)18)29-12-19(27)15-6-8-17-14(11-15)7-9-21(28)23-17/h2-6,8,10-11H,7,9,12H2,1H3,(H,23,28). The molecule has 144 valence electrons. The molecule has 0 saturated heterocycles. The minimum Gasteiger partial charge on any atom is -0.326 e. The number of pyridine rings is 1. The number of nitrogens with one attached hydrogen (secondary N) is 1. The predicted molar refractivity (Wildman–Crippen MR) is 114 cm³/mol. The van der Waals surface area contributed by atoms with Crippen molar-refractivity contribution in [2.24, 2.45) is 0 Å². The number of anilines is 1. The smallest absolute Gasteiger partial charge is 0.224 e. The number of para-hydroxylation sites is 1. The van der Waals surface area contributed by atoms with E-state index in [1.54, 1.807) is 6.07 Å². The number of benzene rings is 2. The maximum absolute atomic E-state index is 12.8. The fourth-order valence-corrected chi connectivity index (χ4v) is 4.58. The van der Waals surface area contributed by atoms with E-state index in [0.717, 1.165) is 33.4 Å². The molecule has 1 amide bonds. The summed E-state index contributed by atoms with van der Waals surface area (Å²) in [4.78, 5) is 24.3. The van der Waals surface area contributed by atoms with Gasteiger partial charge in [0.1, 0.15) is 0 Å². The van der Waals surface area contributed by atoms with Crippen LogP contribution in [-0.4, -0.2) is 32.0 Å². The van der Waals surface area contributed by atoms with Crippen LogP contribution in [0.1, 0.15) is 27.9 Å². The number of carbonyl (C=O) groups excluding carboxylic acids is 2. The number of aromatic nitrogens is 3. The molecule has 7 heteroatoms. The van der Waals surface area contributed by atoms with Crippen LogP contribution < -0.4 is 5.32 Å². The first-order chi connectivity index (χ1) is 14.1. The van der Waals surface area contributed by atoms with Gasteiger partial charge in [0.05, 0.1) is 11.3 Å². The molecule has 4 aromatic rings. The van der Waals surface area contributed by atoms with Gasteiger partial charge < -0.3 is 5.32 Å². The van der Waals surface area contributed by atoms with Gasteiger partial charge in [0.25, 0.3) is 0 Å². The summed E-state index contributed by atoms with van der Waals surface area (Å²) in [5, 5.41) is 13.3. The quantitative estimate of drug-likeness (QED) is 0.412. The second-order valence-electron chi connectivity index (χ2n) is 7.15. The van der Waals surface area contributed by atoms with Crippen LogP contribution in [0.3, 0.4) is 0 Å². The van der Waals surface area contributed by atoms with E-state index in [4.69, 9.17) is 0 Å². The van der Waals surface area contributed by atoms with Gasteiger partial charge in [0.2, 0.25) is 5.91 Å². The van der Waals surface area contributed by atoms with Gasteiger partial charge in [-0.05, 0) is 54.8 Å². The average molecular weight is 402 g/mol. The second-order valence-corrected chi connectivity index (χ2v) is 8.10. The first-order valence-electron chi connectivity index (χ1n) is 9.42. The molecule has 0 spiro atoms. The maximum Gasteiger partial charge on any atom is 0.224 e. The van der Waals surface area contributed by atoms with E-state index >= 15 is 0 Å². The summed E-state index contributed by atoms with van der Waals surface area (Å²) in [6.45, 7) is 2.06. The molecule has 0 atom stereocenters. The van der Waals surface area contributed by atoms with Crippen LogP contribution in [0.5, 0.6) is 0 Å². The van der Waals surface area contributed by atoms with Gasteiger partial charge >= 0.3 is 0 Å². The lowest BCUT2D eigenvalue weighted by Crippen LogP contribution is -2.19. The lowest BCUT2D eigenvalue weighted by molar-refractivity contribution is -0.116. The van der Waals surface area contributed by atoms with E-state index in [-0.39, 0.29) is 17.4 Å². The van der Waals surface area contributed by atoms with Crippen LogP contribution in [0.25, 0.3) is 16.6 Å². The summed E-state index contributed by atoms with van der Waals surface area (Å²) in [5.41, 5.74) is 5.43. The van der Waals surface area contributed by atoms with Crippen LogP contribution in [0.2, 0.25) is 0 Å². The average Bonchev–Trinajstić information content (AvgIpc) is 3.14. The second kappa shape index (κ2) is 7.00. The molecule has 0 fully saturated rings. The normalized spacial score (nSPS) is 13.5. The van der Waals surface area contributed by atoms with Gasteiger partial charge in [-0.1, -0.05) is 30.0 Å². The number of fused-ring (bicyclic) bond motifs is 4. The highest BCUT2D eigenvalue weighted by molar-refractivity contribution is 7.99. The molecule has 0 saturated carbocycles. The number of aryl methyl sites for hydroxylation is 2. The van der Waals surface area contributed by atoms with Crippen molar-refractivity contribution in [2.75, 3.05) is 11.1 Å². The van der Waals surface area contributed by atoms with Crippen LogP contribution in [0.4, 0.5) is 5.69 Å². The lowest BCUT2D eigenvalue weighted by Gasteiger charge is -2.17. The first-order valence-corrected chi connectivity index (χ1v) is 10.4. The molecular weight excluding hydrogens is 384 g/mol. The van der Waals surface area contributed by atoms with E-state index in [0.29, 0.717) is 23.6 Å². The predicted octanol–water partition coefficient (Wildman–Crippen LogP) is 4.05. The SMILES string of the molecule is Cc1cc2nnc(SCC(=O)c3ccc4c(c3)CCC(=O)N4)n2c2ccccc12. The molecule has 1 aliphatic rings. The summed E-state index contributed by atoms with van der Waals surface area (Å²) in [5.74, 6) is 0.324. The van der Waals surface area contributed by atoms with E-state index < -0.39 is 0 Å². The van der Waals surface area contributed by atoms with E-state index in [1.807, 2.05) is 40.8 Å². The number of carbonyl (C=O) groups is 2. The van der Waals surface area contributed by atoms with Crippen LogP contribution in [-0.2, 0) is 11.2 Å². The molecule has 0 aliphatic carbocycles. The topological polar surface area (TPSA) is 76.4 Å². The highest BCUT2D eigenvalue weighted by Gasteiger charge is 2.18. The Morgan fingerprint density at radius 2 is 2.00 bits per heavy atom. The van der Waals surface area contributed by atoms with Gasteiger partial charge in [-0.15, -0.1) is 10.2 Å². The van der Waals surface area contributed by atoms with Crippen molar-refractivity contribution in [3.63, 3.8) is 0 Å². The third-order valence-corrected chi connectivity index (χ3v) is 6.16. The van der Waals surface area contributed by atoms with Crippen molar-refractivity contribution in [1.82, 2.24) is 14.6 Å². The molecular formula is C22H18N4O2S. The Morgan fingerprint density at radius 3 is 2.90 bits per heavy atom. The molecule has 5 rings (SSSR count). The van der Waals surface area contributed by atoms with Crippen LogP contribution >= 0.6 is 11.8 Å². The number of ketones is 1. The molecule has 3 heterocycles. The number of hydrogen-bond donors (Lipinski definition) is 1. The van der Waals surface area contributed by atoms with Crippen molar-refractivity contribution < 1.29 is 9.59 Å². The monoisotopic (exact) mass is 402 g/mol. The molecule has 1 N–H and O–H groups in total. The first kappa shape index (κ1) is 17.9. The molecule has 2 aromatic carbocycles. The van der Waals surface area contributed by atoms with E-state index in [9.17, 15) is 9.59 Å². The van der Waals surface area contributed by atoms with Gasteiger partial charge in [0.15, 0.2) is 16.6 Å². The van der Waals surface area contributed by atoms with Crippen molar-refractivity contribution in [1.29, 1.82) is 0 Å². The molecule has 0 unspecified atom stereocenters. The number of hydrogen-bond acceptors (Lipinski definition) is 5. The zero-order valence-corrected chi connectivity index (χ0v) is 16.6. The fraction of sp³-hybridized carbons (Fsp3) is 0.182. The van der Waals surface area contributed by atoms with Crippen molar-refractivity contribution in [3.05, 3.63) is 65.2 Å². The number of rotatable bonds is 4. The number of Topliss-reactive ketones (excluding diaryl/α,β-unsaturated/α-hetero) is 1. The van der Waals surface area contributed by atoms with Crippen molar-refractivity contribution in [2.45, 2.75) is 24.9 Å². The van der Waals surface area contributed by atoms with E-state index in [1.165, 1.54) is 11.8 Å². The summed E-state index contributed by atoms with van der Waals surface area (Å²) in [6.07, 6.45) is 1.12. The highest BCUT2D eigenvalue weighted by Crippen LogP contribution is 2.27. The Bertz CT molecular complexity index is 1290. The van der Waals surface area contributed by atoms with Gasteiger partial charge in [-0.2, -0.15) is 0 Å². The zero-order valence-electron chi connectivity index (χ0n) is 15.8. The summed E-state index contributed by atoms with van der Waals surface area (Å²) < 4.78 is 2.00. The Kier molecular flexibility index (Phi) is 4.32. The zero-order chi connectivity index (χ0) is 20.0. The molecule has 1 aliphatic heterocycles. The minimum atomic E-state index is 0.0216. The van der Waals surface area contributed by atoms with Gasteiger partial charge in [-0.25, -0.2) is 0 Å². The van der Waals surface area contributed by atoms with Crippen molar-refractivity contribution in [3.8, 4) is 0 Å². The minimum absolute atomic E-state index is 0.0216. The van der Waals surface area contributed by atoms with Gasteiger partial charge in [0, 0.05) is 23.1 Å². The Hall–Kier alpha value is -3.19. The Morgan fingerprint density at radius 1 is 1.14 bits per heavy atom. The van der Waals surface area contributed by atoms with Crippen LogP contribution in [0.15, 0.2) is 53.7 Å². The van der Waals surface area contributed by atoms with E-state index in [2.05, 4.69) is 28.5 Å². The van der Waals surface area contributed by atoms with Crippen LogP contribution in [0, 0.1) is 6.92 Å². The maximum atomic E-state index is 12.8. The number of thioether (sulfide) groups is 1. The Balaban J connectivity index is 1.42. The molecule has 6 nitrogen and oxygen atoms in total. The highest BCUT2D eigenvalue weighted by atomic mass is 32.2. The summed E-state index contributed by atoms with van der Waals surface area (Å²) >= 11 is 1.39. The molecule has 29 heavy (non-hydrogen) atoms.